The number of aromatic nitrogens is 2. The minimum absolute atomic E-state index is 0.113. The molecular weight excluding hydrogens is 342 g/mol. The molecule has 1 aromatic heterocycles. The lowest BCUT2D eigenvalue weighted by Crippen LogP contribution is -2.35. The summed E-state index contributed by atoms with van der Waals surface area (Å²) in [5.74, 6) is -1.47. The van der Waals surface area contributed by atoms with Crippen LogP contribution in [-0.2, 0) is 11.8 Å². The van der Waals surface area contributed by atoms with Gasteiger partial charge in [0, 0.05) is 6.54 Å². The molecule has 132 valence electrons. The van der Waals surface area contributed by atoms with E-state index in [4.69, 9.17) is 0 Å². The van der Waals surface area contributed by atoms with Crippen LogP contribution >= 0.6 is 0 Å². The highest BCUT2D eigenvalue weighted by Crippen LogP contribution is 2.35. The van der Waals surface area contributed by atoms with Gasteiger partial charge >= 0.3 is 6.18 Å². The number of β-amino-alcohol motifs (C(OH)–C–C–N with tert-alkyl or cyclic N) is 1. The lowest BCUT2D eigenvalue weighted by molar-refractivity contribution is -0.137. The summed E-state index contributed by atoms with van der Waals surface area (Å²) < 4.78 is 50.7. The van der Waals surface area contributed by atoms with Crippen molar-refractivity contribution >= 4 is 5.91 Å². The Morgan fingerprint density at radius 1 is 1.16 bits per heavy atom. The maximum Gasteiger partial charge on any atom is 0.416 e. The number of rotatable bonds is 2. The highest BCUT2D eigenvalue weighted by Gasteiger charge is 2.41. The smallest absolute Gasteiger partial charge is 0.383 e. The van der Waals surface area contributed by atoms with Crippen molar-refractivity contribution in [3.63, 3.8) is 0 Å². The van der Waals surface area contributed by atoms with Crippen molar-refractivity contribution in [2.45, 2.75) is 18.2 Å². The summed E-state index contributed by atoms with van der Waals surface area (Å²) in [7, 11) is 0. The molecule has 9 heteroatoms. The lowest BCUT2D eigenvalue weighted by atomic mass is 9.92. The van der Waals surface area contributed by atoms with E-state index in [0.29, 0.717) is 0 Å². The van der Waals surface area contributed by atoms with Crippen LogP contribution in [0.15, 0.2) is 36.7 Å². The third kappa shape index (κ3) is 3.46. The van der Waals surface area contributed by atoms with Crippen LogP contribution in [0.1, 0.15) is 28.2 Å². The summed E-state index contributed by atoms with van der Waals surface area (Å²) in [6, 6.07) is 4.18. The summed E-state index contributed by atoms with van der Waals surface area (Å²) in [5, 5.41) is 10.7. The maximum atomic E-state index is 12.8. The van der Waals surface area contributed by atoms with Crippen LogP contribution in [0.4, 0.5) is 17.6 Å². The Morgan fingerprint density at radius 3 is 2.32 bits per heavy atom. The van der Waals surface area contributed by atoms with Crippen molar-refractivity contribution in [2.75, 3.05) is 13.1 Å². The Labute approximate surface area is 139 Å². The molecule has 0 bridgehead atoms. The molecule has 0 spiro atoms. The van der Waals surface area contributed by atoms with Crippen molar-refractivity contribution in [1.82, 2.24) is 14.9 Å². The predicted octanol–water partition coefficient (Wildman–Crippen LogP) is 2.37. The molecule has 3 rings (SSSR count). The average Bonchev–Trinajstić information content (AvgIpc) is 2.98. The minimum atomic E-state index is -4.46. The highest BCUT2D eigenvalue weighted by molar-refractivity contribution is 5.90. The van der Waals surface area contributed by atoms with Crippen molar-refractivity contribution < 1.29 is 27.5 Å². The number of hydrogen-bond acceptors (Lipinski definition) is 4. The van der Waals surface area contributed by atoms with Gasteiger partial charge in [-0.25, -0.2) is 14.4 Å². The molecule has 1 unspecified atom stereocenters. The zero-order chi connectivity index (χ0) is 18.2. The van der Waals surface area contributed by atoms with Gasteiger partial charge in [-0.3, -0.25) is 4.79 Å². The van der Waals surface area contributed by atoms with E-state index in [1.54, 1.807) is 0 Å². The van der Waals surface area contributed by atoms with E-state index >= 15 is 0 Å². The van der Waals surface area contributed by atoms with Crippen LogP contribution in [0.3, 0.4) is 0 Å². The third-order valence-electron chi connectivity index (χ3n) is 4.10. The van der Waals surface area contributed by atoms with E-state index in [9.17, 15) is 27.5 Å². The van der Waals surface area contributed by atoms with Gasteiger partial charge in [0.15, 0.2) is 5.82 Å². The number of aliphatic hydroxyl groups is 1. The van der Waals surface area contributed by atoms with Crippen LogP contribution in [0, 0.1) is 5.82 Å². The molecule has 1 aromatic carbocycles. The highest BCUT2D eigenvalue weighted by atomic mass is 19.4. The molecule has 5 nitrogen and oxygen atoms in total. The zero-order valence-corrected chi connectivity index (χ0v) is 12.8. The summed E-state index contributed by atoms with van der Waals surface area (Å²) in [6.07, 6.45) is -2.58. The second-order valence-electron chi connectivity index (χ2n) is 5.81. The molecule has 1 aliphatic heterocycles. The molecule has 2 heterocycles. The fourth-order valence-corrected chi connectivity index (χ4v) is 2.74. The van der Waals surface area contributed by atoms with Gasteiger partial charge in [0.05, 0.1) is 24.5 Å². The Morgan fingerprint density at radius 2 is 1.76 bits per heavy atom. The van der Waals surface area contributed by atoms with Crippen LogP contribution < -0.4 is 0 Å². The summed E-state index contributed by atoms with van der Waals surface area (Å²) >= 11 is 0. The van der Waals surface area contributed by atoms with Gasteiger partial charge in [-0.15, -0.1) is 0 Å². The van der Waals surface area contributed by atoms with Gasteiger partial charge in [0.1, 0.15) is 5.60 Å². The van der Waals surface area contributed by atoms with Gasteiger partial charge in [0.25, 0.3) is 5.91 Å². The molecule has 2 aromatic rings. The molecule has 1 saturated heterocycles. The van der Waals surface area contributed by atoms with Gasteiger partial charge in [-0.2, -0.15) is 13.2 Å². The molecular formula is C16H13F4N3O2. The van der Waals surface area contributed by atoms with E-state index in [-0.39, 0.29) is 30.9 Å². The maximum absolute atomic E-state index is 12.8. The topological polar surface area (TPSA) is 66.3 Å². The molecule has 1 amide bonds. The minimum Gasteiger partial charge on any atom is -0.383 e. The number of carbonyl (C=O) groups excluding carboxylic acids is 1. The van der Waals surface area contributed by atoms with Crippen LogP contribution in [0.5, 0.6) is 0 Å². The first-order valence-electron chi connectivity index (χ1n) is 7.36. The summed E-state index contributed by atoms with van der Waals surface area (Å²) in [6.45, 7) is 0.0645. The molecule has 0 radical (unpaired) electrons. The molecule has 25 heavy (non-hydrogen) atoms. The number of halogens is 4. The molecule has 1 atom stereocenters. The van der Waals surface area contributed by atoms with Crippen LogP contribution in [0.2, 0.25) is 0 Å². The predicted molar refractivity (Wildman–Crippen MR) is 77.9 cm³/mol. The normalized spacial score (nSPS) is 20.8. The number of alkyl halides is 3. The fraction of sp³-hybridized carbons (Fsp3) is 0.312. The largest absolute Gasteiger partial charge is 0.416 e. The first-order valence-corrected chi connectivity index (χ1v) is 7.36. The molecule has 0 saturated carbocycles. The van der Waals surface area contributed by atoms with Gasteiger partial charge in [-0.1, -0.05) is 12.1 Å². The van der Waals surface area contributed by atoms with E-state index in [1.807, 2.05) is 0 Å². The fourth-order valence-electron chi connectivity index (χ4n) is 2.74. The number of hydrogen-bond donors (Lipinski definition) is 1. The van der Waals surface area contributed by atoms with E-state index < -0.39 is 29.1 Å². The third-order valence-corrected chi connectivity index (χ3v) is 4.10. The van der Waals surface area contributed by atoms with Gasteiger partial charge in [0.2, 0.25) is 5.82 Å². The Balaban J connectivity index is 1.76. The SMILES string of the molecule is O=C(c1ncc(F)cn1)N1CCC(O)(c2ccc(C(F)(F)F)cc2)C1. The first kappa shape index (κ1) is 17.3. The zero-order valence-electron chi connectivity index (χ0n) is 12.8. The number of carbonyl (C=O) groups is 1. The van der Waals surface area contributed by atoms with Crippen molar-refractivity contribution in [3.05, 3.63) is 59.4 Å². The van der Waals surface area contributed by atoms with Crippen molar-refractivity contribution in [3.8, 4) is 0 Å². The van der Waals surface area contributed by atoms with Crippen LogP contribution in [-0.4, -0.2) is 39.0 Å². The standard InChI is InChI=1S/C16H13F4N3O2/c17-12-7-21-13(22-8-12)14(24)23-6-5-15(25,9-23)10-1-3-11(4-2-10)16(18,19)20/h1-4,7-8,25H,5-6,9H2. The molecule has 1 aliphatic rings. The van der Waals surface area contributed by atoms with Crippen LogP contribution in [0.25, 0.3) is 0 Å². The number of nitrogens with zero attached hydrogens (tertiary/aromatic N) is 3. The van der Waals surface area contributed by atoms with Crippen molar-refractivity contribution in [2.24, 2.45) is 0 Å². The Kier molecular flexibility index (Phi) is 4.19. The monoisotopic (exact) mass is 355 g/mol. The Bertz CT molecular complexity index is 777. The number of benzene rings is 1. The molecule has 0 aliphatic carbocycles. The molecule has 1 fully saturated rings. The number of likely N-dealkylation sites (tertiary alicyclic amines) is 1. The van der Waals surface area contributed by atoms with E-state index in [0.717, 1.165) is 24.5 Å². The summed E-state index contributed by atoms with van der Waals surface area (Å²) in [5.41, 5.74) is -1.99. The second-order valence-corrected chi connectivity index (χ2v) is 5.81. The summed E-state index contributed by atoms with van der Waals surface area (Å²) in [4.78, 5) is 20.8. The molecule has 1 N–H and O–H groups in total. The average molecular weight is 355 g/mol. The Hall–Kier alpha value is -2.55. The van der Waals surface area contributed by atoms with Crippen molar-refractivity contribution in [1.29, 1.82) is 0 Å². The lowest BCUT2D eigenvalue weighted by Gasteiger charge is -2.24. The first-order chi connectivity index (χ1) is 11.7. The van der Waals surface area contributed by atoms with Gasteiger partial charge < -0.3 is 10.0 Å². The van der Waals surface area contributed by atoms with E-state index in [1.165, 1.54) is 17.0 Å². The number of amides is 1. The second kappa shape index (κ2) is 6.07. The van der Waals surface area contributed by atoms with E-state index in [2.05, 4.69) is 9.97 Å². The quantitative estimate of drug-likeness (QED) is 0.840. The van der Waals surface area contributed by atoms with Gasteiger partial charge in [-0.05, 0) is 24.1 Å².